The summed E-state index contributed by atoms with van der Waals surface area (Å²) < 4.78 is 58.1. The minimum absolute atomic E-state index is 0.132. The Balaban J connectivity index is 2.30. The SMILES string of the molecule is Nc1ccc(OC2(C(F)(F)F)CCCNC2)c(F)c1. The van der Waals surface area contributed by atoms with Crippen LogP contribution in [0, 0.1) is 5.82 Å². The molecule has 19 heavy (non-hydrogen) atoms. The number of nitrogens with two attached hydrogens (primary N) is 1. The van der Waals surface area contributed by atoms with Crippen molar-refractivity contribution in [2.75, 3.05) is 18.8 Å². The lowest BCUT2D eigenvalue weighted by Gasteiger charge is -2.39. The molecular formula is C12H14F4N2O. The molecule has 1 aliphatic rings. The first kappa shape index (κ1) is 13.9. The number of rotatable bonds is 2. The summed E-state index contributed by atoms with van der Waals surface area (Å²) in [5.41, 5.74) is 3.09. The highest BCUT2D eigenvalue weighted by molar-refractivity contribution is 5.43. The van der Waals surface area contributed by atoms with Gasteiger partial charge in [-0.05, 0) is 31.5 Å². The molecule has 106 valence electrons. The van der Waals surface area contributed by atoms with E-state index < -0.39 is 23.3 Å². The Labute approximate surface area is 107 Å². The van der Waals surface area contributed by atoms with Crippen LogP contribution in [0.15, 0.2) is 18.2 Å². The molecule has 0 bridgehead atoms. The highest BCUT2D eigenvalue weighted by atomic mass is 19.4. The van der Waals surface area contributed by atoms with Gasteiger partial charge >= 0.3 is 6.18 Å². The Bertz CT molecular complexity index is 456. The van der Waals surface area contributed by atoms with E-state index in [1.165, 1.54) is 6.07 Å². The average molecular weight is 278 g/mol. The summed E-state index contributed by atoms with van der Waals surface area (Å²) in [6, 6.07) is 3.36. The molecule has 3 N–H and O–H groups in total. The molecule has 1 aromatic carbocycles. The van der Waals surface area contributed by atoms with Crippen LogP contribution in [0.1, 0.15) is 12.8 Å². The second kappa shape index (κ2) is 4.88. The van der Waals surface area contributed by atoms with Gasteiger partial charge in [0.05, 0.1) is 0 Å². The van der Waals surface area contributed by atoms with Crippen LogP contribution in [-0.2, 0) is 0 Å². The molecule has 2 rings (SSSR count). The van der Waals surface area contributed by atoms with Crippen molar-refractivity contribution < 1.29 is 22.3 Å². The zero-order valence-corrected chi connectivity index (χ0v) is 10.1. The fraction of sp³-hybridized carbons (Fsp3) is 0.500. The molecule has 0 aliphatic carbocycles. The first-order chi connectivity index (χ1) is 8.84. The summed E-state index contributed by atoms with van der Waals surface area (Å²) in [6.07, 6.45) is -4.46. The van der Waals surface area contributed by atoms with E-state index in [9.17, 15) is 17.6 Å². The maximum Gasteiger partial charge on any atom is 0.429 e. The van der Waals surface area contributed by atoms with Crippen LogP contribution in [0.3, 0.4) is 0 Å². The number of hydrogen-bond acceptors (Lipinski definition) is 3. The van der Waals surface area contributed by atoms with Gasteiger partial charge in [-0.2, -0.15) is 13.2 Å². The number of nitrogens with one attached hydrogen (secondary N) is 1. The normalized spacial score (nSPS) is 24.2. The van der Waals surface area contributed by atoms with Crippen molar-refractivity contribution in [3.05, 3.63) is 24.0 Å². The van der Waals surface area contributed by atoms with Crippen LogP contribution in [0.2, 0.25) is 0 Å². The molecule has 0 amide bonds. The molecule has 1 atom stereocenters. The van der Waals surface area contributed by atoms with Crippen LogP contribution < -0.4 is 15.8 Å². The molecule has 0 spiro atoms. The van der Waals surface area contributed by atoms with Gasteiger partial charge in [0.25, 0.3) is 0 Å². The Morgan fingerprint density at radius 3 is 2.58 bits per heavy atom. The minimum atomic E-state index is -4.58. The van der Waals surface area contributed by atoms with Crippen LogP contribution in [0.4, 0.5) is 23.2 Å². The lowest BCUT2D eigenvalue weighted by molar-refractivity contribution is -0.253. The first-order valence-electron chi connectivity index (χ1n) is 5.86. The maximum atomic E-state index is 13.6. The van der Waals surface area contributed by atoms with E-state index in [1.807, 2.05) is 0 Å². The van der Waals surface area contributed by atoms with Crippen LogP contribution in [0.5, 0.6) is 5.75 Å². The van der Waals surface area contributed by atoms with E-state index in [0.717, 1.165) is 12.1 Å². The zero-order valence-electron chi connectivity index (χ0n) is 10.1. The van der Waals surface area contributed by atoms with Gasteiger partial charge in [0.1, 0.15) is 0 Å². The molecule has 1 heterocycles. The zero-order chi connectivity index (χ0) is 14.1. The molecular weight excluding hydrogens is 264 g/mol. The van der Waals surface area contributed by atoms with E-state index in [1.54, 1.807) is 0 Å². The molecule has 0 saturated carbocycles. The standard InChI is InChI=1S/C12H14F4N2O/c13-9-6-8(17)2-3-10(9)19-11(12(14,15)16)4-1-5-18-7-11/h2-3,6,18H,1,4-5,7,17H2. The predicted molar refractivity (Wildman–Crippen MR) is 62.3 cm³/mol. The topological polar surface area (TPSA) is 47.3 Å². The molecule has 1 aromatic rings. The van der Waals surface area contributed by atoms with Crippen molar-refractivity contribution in [2.24, 2.45) is 0 Å². The van der Waals surface area contributed by atoms with Gasteiger partial charge < -0.3 is 15.8 Å². The fourth-order valence-electron chi connectivity index (χ4n) is 2.07. The summed E-state index contributed by atoms with van der Waals surface area (Å²) >= 11 is 0. The van der Waals surface area contributed by atoms with E-state index in [-0.39, 0.29) is 18.7 Å². The molecule has 0 aromatic heterocycles. The van der Waals surface area contributed by atoms with Gasteiger partial charge in [-0.3, -0.25) is 0 Å². The number of alkyl halides is 3. The minimum Gasteiger partial charge on any atom is -0.473 e. The van der Waals surface area contributed by atoms with Gasteiger partial charge in [0.2, 0.25) is 5.60 Å². The van der Waals surface area contributed by atoms with E-state index >= 15 is 0 Å². The molecule has 1 unspecified atom stereocenters. The summed E-state index contributed by atoms with van der Waals surface area (Å²) in [5, 5.41) is 2.64. The van der Waals surface area contributed by atoms with Crippen LogP contribution in [-0.4, -0.2) is 24.9 Å². The second-order valence-electron chi connectivity index (χ2n) is 4.56. The van der Waals surface area contributed by atoms with Crippen molar-refractivity contribution in [3.63, 3.8) is 0 Å². The lowest BCUT2D eigenvalue weighted by atomic mass is 9.93. The number of halogens is 4. The summed E-state index contributed by atoms with van der Waals surface area (Å²) in [6.45, 7) is 0.103. The van der Waals surface area contributed by atoms with Gasteiger partial charge in [-0.1, -0.05) is 0 Å². The van der Waals surface area contributed by atoms with Crippen molar-refractivity contribution in [1.29, 1.82) is 0 Å². The molecule has 1 aliphatic heterocycles. The van der Waals surface area contributed by atoms with E-state index in [2.05, 4.69) is 5.32 Å². The number of nitrogen functional groups attached to an aromatic ring is 1. The third kappa shape index (κ3) is 2.75. The number of benzene rings is 1. The quantitative estimate of drug-likeness (QED) is 0.645. The molecule has 1 saturated heterocycles. The predicted octanol–water partition coefficient (Wildman–Crippen LogP) is 2.47. The Morgan fingerprint density at radius 2 is 2.05 bits per heavy atom. The molecule has 0 radical (unpaired) electrons. The molecule has 7 heteroatoms. The van der Waals surface area contributed by atoms with E-state index in [4.69, 9.17) is 10.5 Å². The van der Waals surface area contributed by atoms with Gasteiger partial charge in [-0.15, -0.1) is 0 Å². The Kier molecular flexibility index (Phi) is 3.58. The Hall–Kier alpha value is -1.50. The highest BCUT2D eigenvalue weighted by Gasteiger charge is 2.57. The monoisotopic (exact) mass is 278 g/mol. The summed E-state index contributed by atoms with van der Waals surface area (Å²) in [7, 11) is 0. The summed E-state index contributed by atoms with van der Waals surface area (Å²) in [5.74, 6) is -1.33. The molecule has 3 nitrogen and oxygen atoms in total. The highest BCUT2D eigenvalue weighted by Crippen LogP contribution is 2.40. The molecule has 1 fully saturated rings. The average Bonchev–Trinajstić information content (AvgIpc) is 2.33. The number of piperidine rings is 1. The smallest absolute Gasteiger partial charge is 0.429 e. The van der Waals surface area contributed by atoms with Crippen molar-refractivity contribution in [2.45, 2.75) is 24.6 Å². The van der Waals surface area contributed by atoms with Gasteiger partial charge in [0, 0.05) is 18.3 Å². The maximum absolute atomic E-state index is 13.6. The number of anilines is 1. The van der Waals surface area contributed by atoms with Crippen molar-refractivity contribution in [1.82, 2.24) is 5.32 Å². The second-order valence-corrected chi connectivity index (χ2v) is 4.56. The van der Waals surface area contributed by atoms with Gasteiger partial charge in [-0.25, -0.2) is 4.39 Å². The Morgan fingerprint density at radius 1 is 1.32 bits per heavy atom. The number of hydrogen-bond donors (Lipinski definition) is 2. The van der Waals surface area contributed by atoms with E-state index in [0.29, 0.717) is 13.0 Å². The third-order valence-corrected chi connectivity index (χ3v) is 3.12. The van der Waals surface area contributed by atoms with Crippen molar-refractivity contribution in [3.8, 4) is 5.75 Å². The fourth-order valence-corrected chi connectivity index (χ4v) is 2.07. The summed E-state index contributed by atoms with van der Waals surface area (Å²) in [4.78, 5) is 0. The lowest BCUT2D eigenvalue weighted by Crippen LogP contribution is -2.59. The van der Waals surface area contributed by atoms with Crippen molar-refractivity contribution >= 4 is 5.69 Å². The third-order valence-electron chi connectivity index (χ3n) is 3.12. The first-order valence-corrected chi connectivity index (χ1v) is 5.86. The largest absolute Gasteiger partial charge is 0.473 e. The van der Waals surface area contributed by atoms with Crippen LogP contribution in [0.25, 0.3) is 0 Å². The van der Waals surface area contributed by atoms with Gasteiger partial charge in [0.15, 0.2) is 11.6 Å². The number of ether oxygens (including phenoxy) is 1. The van der Waals surface area contributed by atoms with Crippen LogP contribution >= 0.6 is 0 Å².